The molecule has 1 aromatic carbocycles. The van der Waals surface area contributed by atoms with Crippen molar-refractivity contribution in [2.24, 2.45) is 0 Å². The van der Waals surface area contributed by atoms with Crippen molar-refractivity contribution in [3.8, 4) is 11.6 Å². The first-order valence-corrected chi connectivity index (χ1v) is 8.46. The number of nitrogens with one attached hydrogen (secondary N) is 1. The molecule has 1 N–H and O–H groups in total. The summed E-state index contributed by atoms with van der Waals surface area (Å²) in [6, 6.07) is 4.92. The van der Waals surface area contributed by atoms with Gasteiger partial charge >= 0.3 is 0 Å². The van der Waals surface area contributed by atoms with Crippen LogP contribution in [0.2, 0.25) is 0 Å². The number of ether oxygens (including phenoxy) is 2. The normalized spacial score (nSPS) is 11.2. The highest BCUT2D eigenvalue weighted by atomic mass is 32.2. The average Bonchev–Trinajstić information content (AvgIpc) is 2.51. The number of pyridine rings is 1. The van der Waals surface area contributed by atoms with Gasteiger partial charge in [-0.3, -0.25) is 4.72 Å². The van der Waals surface area contributed by atoms with Crippen molar-refractivity contribution in [2.75, 3.05) is 18.9 Å². The Kier molecular flexibility index (Phi) is 4.79. The maximum Gasteiger partial charge on any atom is 0.262 e. The lowest BCUT2D eigenvalue weighted by Gasteiger charge is -2.17. The van der Waals surface area contributed by atoms with Gasteiger partial charge in [-0.1, -0.05) is 0 Å². The lowest BCUT2D eigenvalue weighted by molar-refractivity contribution is 0.398. The van der Waals surface area contributed by atoms with Crippen molar-refractivity contribution >= 4 is 15.7 Å². The number of benzene rings is 1. The van der Waals surface area contributed by atoms with Gasteiger partial charge in [0.05, 0.1) is 31.0 Å². The van der Waals surface area contributed by atoms with Gasteiger partial charge in [0.2, 0.25) is 5.88 Å². The van der Waals surface area contributed by atoms with Crippen molar-refractivity contribution in [3.63, 3.8) is 0 Å². The summed E-state index contributed by atoms with van der Waals surface area (Å²) in [5.41, 5.74) is 2.46. The zero-order chi connectivity index (χ0) is 17.2. The van der Waals surface area contributed by atoms with Crippen LogP contribution >= 0.6 is 0 Å². The van der Waals surface area contributed by atoms with Crippen molar-refractivity contribution < 1.29 is 17.9 Å². The number of nitrogens with zero attached hydrogens (tertiary/aromatic N) is 1. The fraction of sp³-hybridized carbons (Fsp3) is 0.312. The Labute approximate surface area is 136 Å². The summed E-state index contributed by atoms with van der Waals surface area (Å²) in [6.45, 7) is 5.35. The fourth-order valence-corrected chi connectivity index (χ4v) is 3.99. The molecule has 0 aliphatic carbocycles. The zero-order valence-corrected chi connectivity index (χ0v) is 14.6. The summed E-state index contributed by atoms with van der Waals surface area (Å²) in [6.07, 6.45) is 1.41. The van der Waals surface area contributed by atoms with Gasteiger partial charge in [0, 0.05) is 6.07 Å². The van der Waals surface area contributed by atoms with E-state index < -0.39 is 10.0 Å². The van der Waals surface area contributed by atoms with Crippen LogP contribution < -0.4 is 14.2 Å². The van der Waals surface area contributed by atoms with Crippen LogP contribution in [0.25, 0.3) is 0 Å². The first kappa shape index (κ1) is 17.1. The molecule has 0 saturated heterocycles. The first-order chi connectivity index (χ1) is 10.8. The number of anilines is 1. The van der Waals surface area contributed by atoms with Crippen LogP contribution in [0.15, 0.2) is 29.3 Å². The van der Waals surface area contributed by atoms with E-state index in [1.54, 1.807) is 39.2 Å². The SMILES string of the molecule is COc1ccc(NS(=O)(=O)c2c(C)cc(OC)c(C)c2C)cn1. The predicted octanol–water partition coefficient (Wildman–Crippen LogP) is 2.82. The molecule has 0 amide bonds. The van der Waals surface area contributed by atoms with E-state index in [1.807, 2.05) is 6.92 Å². The summed E-state index contributed by atoms with van der Waals surface area (Å²) in [5, 5.41) is 0. The molecule has 0 aliphatic rings. The van der Waals surface area contributed by atoms with Gasteiger partial charge < -0.3 is 9.47 Å². The first-order valence-electron chi connectivity index (χ1n) is 6.97. The van der Waals surface area contributed by atoms with E-state index in [9.17, 15) is 8.42 Å². The Morgan fingerprint density at radius 1 is 1.04 bits per heavy atom. The fourth-order valence-electron chi connectivity index (χ4n) is 2.41. The summed E-state index contributed by atoms with van der Waals surface area (Å²) in [7, 11) is -0.663. The molecule has 0 unspecified atom stereocenters. The second kappa shape index (κ2) is 6.45. The van der Waals surface area contributed by atoms with Gasteiger partial charge in [0.25, 0.3) is 10.0 Å². The summed E-state index contributed by atoms with van der Waals surface area (Å²) in [4.78, 5) is 4.25. The lowest BCUT2D eigenvalue weighted by Crippen LogP contribution is -2.16. The molecule has 0 spiro atoms. The molecule has 0 bridgehead atoms. The summed E-state index contributed by atoms with van der Waals surface area (Å²) < 4.78 is 38.3. The van der Waals surface area contributed by atoms with E-state index in [-0.39, 0.29) is 4.90 Å². The van der Waals surface area contributed by atoms with Crippen molar-refractivity contribution in [1.29, 1.82) is 0 Å². The minimum absolute atomic E-state index is 0.256. The predicted molar refractivity (Wildman–Crippen MR) is 88.8 cm³/mol. The summed E-state index contributed by atoms with van der Waals surface area (Å²) >= 11 is 0. The van der Waals surface area contributed by atoms with Crippen LogP contribution in [0.5, 0.6) is 11.6 Å². The van der Waals surface area contributed by atoms with E-state index in [0.29, 0.717) is 28.4 Å². The molecule has 2 rings (SSSR count). The molecule has 0 atom stereocenters. The van der Waals surface area contributed by atoms with Gasteiger partial charge in [-0.2, -0.15) is 0 Å². The third kappa shape index (κ3) is 3.39. The Bertz CT molecular complexity index is 815. The van der Waals surface area contributed by atoms with Crippen LogP contribution in [0, 0.1) is 20.8 Å². The number of methoxy groups -OCH3 is 2. The van der Waals surface area contributed by atoms with Crippen LogP contribution in [0.1, 0.15) is 16.7 Å². The molecule has 1 aromatic heterocycles. The van der Waals surface area contributed by atoms with Crippen LogP contribution in [-0.4, -0.2) is 27.6 Å². The van der Waals surface area contributed by atoms with E-state index in [0.717, 1.165) is 5.56 Å². The number of hydrogen-bond donors (Lipinski definition) is 1. The molecule has 0 fully saturated rings. The Hall–Kier alpha value is -2.28. The van der Waals surface area contributed by atoms with Crippen LogP contribution in [0.3, 0.4) is 0 Å². The Balaban J connectivity index is 2.45. The molecular weight excluding hydrogens is 316 g/mol. The third-order valence-corrected chi connectivity index (χ3v) is 5.33. The molecule has 0 radical (unpaired) electrons. The van der Waals surface area contributed by atoms with Gasteiger partial charge in [-0.25, -0.2) is 13.4 Å². The number of aromatic nitrogens is 1. The largest absolute Gasteiger partial charge is 0.496 e. The summed E-state index contributed by atoms with van der Waals surface area (Å²) in [5.74, 6) is 1.09. The van der Waals surface area contributed by atoms with Crippen molar-refractivity contribution in [2.45, 2.75) is 25.7 Å². The highest BCUT2D eigenvalue weighted by Gasteiger charge is 2.23. The minimum atomic E-state index is -3.73. The molecule has 124 valence electrons. The highest BCUT2D eigenvalue weighted by Crippen LogP contribution is 2.31. The number of aryl methyl sites for hydroxylation is 1. The quantitative estimate of drug-likeness (QED) is 0.908. The molecular formula is C16H20N2O4S. The molecule has 1 heterocycles. The van der Waals surface area contributed by atoms with E-state index in [4.69, 9.17) is 9.47 Å². The second-order valence-corrected chi connectivity index (χ2v) is 6.79. The minimum Gasteiger partial charge on any atom is -0.496 e. The topological polar surface area (TPSA) is 77.5 Å². The molecule has 0 aliphatic heterocycles. The van der Waals surface area contributed by atoms with Gasteiger partial charge in [0.15, 0.2) is 0 Å². The third-order valence-electron chi connectivity index (χ3n) is 3.66. The number of sulfonamides is 1. The number of hydrogen-bond acceptors (Lipinski definition) is 5. The molecule has 2 aromatic rings. The molecule has 6 nitrogen and oxygen atoms in total. The Morgan fingerprint density at radius 2 is 1.74 bits per heavy atom. The van der Waals surface area contributed by atoms with Crippen molar-refractivity contribution in [1.82, 2.24) is 4.98 Å². The van der Waals surface area contributed by atoms with Gasteiger partial charge in [-0.15, -0.1) is 0 Å². The molecule has 7 heteroatoms. The highest BCUT2D eigenvalue weighted by molar-refractivity contribution is 7.92. The van der Waals surface area contributed by atoms with Gasteiger partial charge in [0.1, 0.15) is 5.75 Å². The zero-order valence-electron chi connectivity index (χ0n) is 13.8. The van der Waals surface area contributed by atoms with Crippen LogP contribution in [-0.2, 0) is 10.0 Å². The molecule has 23 heavy (non-hydrogen) atoms. The second-order valence-electron chi connectivity index (χ2n) is 5.17. The smallest absolute Gasteiger partial charge is 0.262 e. The van der Waals surface area contributed by atoms with E-state index in [2.05, 4.69) is 9.71 Å². The number of rotatable bonds is 5. The monoisotopic (exact) mass is 336 g/mol. The van der Waals surface area contributed by atoms with Crippen molar-refractivity contribution in [3.05, 3.63) is 41.1 Å². The molecule has 0 saturated carbocycles. The standard InChI is InChI=1S/C16H20N2O4S/c1-10-8-14(21-4)11(2)12(3)16(10)23(19,20)18-13-6-7-15(22-5)17-9-13/h6-9,18H,1-5H3. The van der Waals surface area contributed by atoms with E-state index >= 15 is 0 Å². The maximum absolute atomic E-state index is 12.7. The lowest BCUT2D eigenvalue weighted by atomic mass is 10.1. The average molecular weight is 336 g/mol. The van der Waals surface area contributed by atoms with Gasteiger partial charge in [-0.05, 0) is 49.6 Å². The Morgan fingerprint density at radius 3 is 2.26 bits per heavy atom. The van der Waals surface area contributed by atoms with E-state index in [1.165, 1.54) is 13.3 Å². The maximum atomic E-state index is 12.7. The van der Waals surface area contributed by atoms with Crippen LogP contribution in [0.4, 0.5) is 5.69 Å².